The number of hydrogen-bond acceptors (Lipinski definition) is 5. The first-order valence-electron chi connectivity index (χ1n) is 8.25. The number of sulfonamides is 1. The van der Waals surface area contributed by atoms with Gasteiger partial charge in [-0.25, -0.2) is 12.7 Å². The van der Waals surface area contributed by atoms with Crippen LogP contribution in [0.15, 0.2) is 48.5 Å². The predicted octanol–water partition coefficient (Wildman–Crippen LogP) is 2.24. The van der Waals surface area contributed by atoms with Crippen LogP contribution in [0.3, 0.4) is 0 Å². The second kappa shape index (κ2) is 9.02. The summed E-state index contributed by atoms with van der Waals surface area (Å²) >= 11 is 0. The molecule has 0 amide bonds. The van der Waals surface area contributed by atoms with Gasteiger partial charge >= 0.3 is 0 Å². The molecular formula is C19H25NO5S. The Labute approximate surface area is 155 Å². The minimum Gasteiger partial charge on any atom is -0.493 e. The number of methoxy groups -OCH3 is 2. The van der Waals surface area contributed by atoms with Crippen molar-refractivity contribution in [1.29, 1.82) is 0 Å². The van der Waals surface area contributed by atoms with E-state index < -0.39 is 16.1 Å². The Morgan fingerprint density at radius 1 is 1.04 bits per heavy atom. The fourth-order valence-electron chi connectivity index (χ4n) is 2.57. The highest BCUT2D eigenvalue weighted by atomic mass is 32.2. The molecule has 0 aliphatic carbocycles. The number of aliphatic hydroxyl groups is 1. The average Bonchev–Trinajstić information content (AvgIpc) is 2.66. The standard InChI is InChI=1S/C19H25NO5S/c1-20(26(22,23)12-11-15-7-5-4-6-8-15)14-17(21)16-9-10-18(24-2)19(13-16)25-3/h4-10,13,17,21H,11-12,14H2,1-3H3. The topological polar surface area (TPSA) is 76.1 Å². The van der Waals surface area contributed by atoms with Gasteiger partial charge in [0.25, 0.3) is 0 Å². The Kier molecular flexibility index (Phi) is 7.02. The lowest BCUT2D eigenvalue weighted by Gasteiger charge is -2.21. The van der Waals surface area contributed by atoms with Crippen molar-refractivity contribution in [2.75, 3.05) is 33.6 Å². The van der Waals surface area contributed by atoms with Gasteiger partial charge in [0.1, 0.15) is 0 Å². The summed E-state index contributed by atoms with van der Waals surface area (Å²) in [5.41, 5.74) is 1.53. The van der Waals surface area contributed by atoms with Gasteiger partial charge < -0.3 is 14.6 Å². The summed E-state index contributed by atoms with van der Waals surface area (Å²) in [6, 6.07) is 14.5. The summed E-state index contributed by atoms with van der Waals surface area (Å²) in [6.45, 7) is -0.0351. The summed E-state index contributed by atoms with van der Waals surface area (Å²) in [5.74, 6) is 1.03. The van der Waals surface area contributed by atoms with Gasteiger partial charge in [-0.15, -0.1) is 0 Å². The molecule has 2 aromatic carbocycles. The molecule has 0 saturated carbocycles. The van der Waals surface area contributed by atoms with Gasteiger partial charge in [-0.3, -0.25) is 0 Å². The highest BCUT2D eigenvalue weighted by Crippen LogP contribution is 2.30. The summed E-state index contributed by atoms with van der Waals surface area (Å²) in [7, 11) is 1.04. The van der Waals surface area contributed by atoms with Gasteiger partial charge in [0, 0.05) is 13.6 Å². The molecule has 26 heavy (non-hydrogen) atoms. The SMILES string of the molecule is COc1ccc(C(O)CN(C)S(=O)(=O)CCc2ccccc2)cc1OC. The smallest absolute Gasteiger partial charge is 0.214 e. The van der Waals surface area contributed by atoms with Crippen molar-refractivity contribution in [2.24, 2.45) is 0 Å². The van der Waals surface area contributed by atoms with E-state index in [9.17, 15) is 13.5 Å². The van der Waals surface area contributed by atoms with Crippen molar-refractivity contribution in [3.63, 3.8) is 0 Å². The highest BCUT2D eigenvalue weighted by Gasteiger charge is 2.22. The van der Waals surface area contributed by atoms with Crippen LogP contribution >= 0.6 is 0 Å². The lowest BCUT2D eigenvalue weighted by atomic mass is 10.1. The fraction of sp³-hybridized carbons (Fsp3) is 0.368. The third kappa shape index (κ3) is 5.20. The number of aryl methyl sites for hydroxylation is 1. The maximum atomic E-state index is 12.5. The summed E-state index contributed by atoms with van der Waals surface area (Å²) in [5, 5.41) is 10.4. The Hall–Kier alpha value is -2.09. The molecule has 6 nitrogen and oxygen atoms in total. The van der Waals surface area contributed by atoms with Crippen LogP contribution in [-0.2, 0) is 16.4 Å². The van der Waals surface area contributed by atoms with Gasteiger partial charge in [-0.2, -0.15) is 0 Å². The number of rotatable bonds is 9. The summed E-state index contributed by atoms with van der Waals surface area (Å²) < 4.78 is 36.5. The normalized spacial score (nSPS) is 12.8. The molecule has 1 atom stereocenters. The van der Waals surface area contributed by atoms with Crippen LogP contribution in [-0.4, -0.2) is 51.4 Å². The number of ether oxygens (including phenoxy) is 2. The first-order chi connectivity index (χ1) is 12.4. The fourth-order valence-corrected chi connectivity index (χ4v) is 3.74. The van der Waals surface area contributed by atoms with E-state index in [0.29, 0.717) is 23.5 Å². The molecule has 0 aromatic heterocycles. The third-order valence-corrected chi connectivity index (χ3v) is 6.01. The zero-order chi connectivity index (χ0) is 19.2. The highest BCUT2D eigenvalue weighted by molar-refractivity contribution is 7.89. The van der Waals surface area contributed by atoms with Crippen LogP contribution in [0.1, 0.15) is 17.2 Å². The third-order valence-electron chi connectivity index (χ3n) is 4.19. The molecule has 0 bridgehead atoms. The molecule has 7 heteroatoms. The van der Waals surface area contributed by atoms with Gasteiger partial charge in [0.15, 0.2) is 11.5 Å². The molecule has 1 unspecified atom stereocenters. The maximum absolute atomic E-state index is 12.5. The largest absolute Gasteiger partial charge is 0.493 e. The van der Waals surface area contributed by atoms with Crippen molar-refractivity contribution >= 4 is 10.0 Å². The van der Waals surface area contributed by atoms with Crippen LogP contribution in [0.4, 0.5) is 0 Å². The van der Waals surface area contributed by atoms with E-state index in [-0.39, 0.29) is 12.3 Å². The van der Waals surface area contributed by atoms with Crippen LogP contribution in [0.5, 0.6) is 11.5 Å². The second-order valence-electron chi connectivity index (χ2n) is 5.96. The minimum absolute atomic E-state index is 0.00777. The van der Waals surface area contributed by atoms with Crippen LogP contribution in [0.25, 0.3) is 0 Å². The zero-order valence-corrected chi connectivity index (χ0v) is 16.1. The molecule has 2 rings (SSSR count). The Morgan fingerprint density at radius 3 is 2.31 bits per heavy atom. The molecular weight excluding hydrogens is 354 g/mol. The average molecular weight is 379 g/mol. The lowest BCUT2D eigenvalue weighted by molar-refractivity contribution is 0.154. The number of nitrogens with zero attached hydrogens (tertiary/aromatic N) is 1. The molecule has 0 spiro atoms. The quantitative estimate of drug-likeness (QED) is 0.723. The van der Waals surface area contributed by atoms with Gasteiger partial charge in [0.05, 0.1) is 26.1 Å². The minimum atomic E-state index is -3.47. The van der Waals surface area contributed by atoms with Gasteiger partial charge in [0.2, 0.25) is 10.0 Å². The van der Waals surface area contributed by atoms with Crippen molar-refractivity contribution < 1.29 is 23.0 Å². The molecule has 2 aromatic rings. The molecule has 0 aliphatic heterocycles. The summed E-state index contributed by atoms with van der Waals surface area (Å²) in [6.07, 6.45) is -0.536. The molecule has 0 fully saturated rings. The van der Waals surface area contributed by atoms with Crippen molar-refractivity contribution in [3.05, 3.63) is 59.7 Å². The predicted molar refractivity (Wildman–Crippen MR) is 101 cm³/mol. The second-order valence-corrected chi connectivity index (χ2v) is 8.16. The van der Waals surface area contributed by atoms with E-state index in [2.05, 4.69) is 0 Å². The van der Waals surface area contributed by atoms with E-state index in [0.717, 1.165) is 5.56 Å². The molecule has 0 saturated heterocycles. The van der Waals surface area contributed by atoms with E-state index >= 15 is 0 Å². The van der Waals surface area contributed by atoms with Crippen molar-refractivity contribution in [2.45, 2.75) is 12.5 Å². The number of likely N-dealkylation sites (N-methyl/N-ethyl adjacent to an activating group) is 1. The van der Waals surface area contributed by atoms with Crippen molar-refractivity contribution in [3.8, 4) is 11.5 Å². The first-order valence-corrected chi connectivity index (χ1v) is 9.86. The number of hydrogen-bond donors (Lipinski definition) is 1. The monoisotopic (exact) mass is 379 g/mol. The van der Waals surface area contributed by atoms with Gasteiger partial charge in [-0.1, -0.05) is 36.4 Å². The van der Waals surface area contributed by atoms with E-state index in [1.807, 2.05) is 30.3 Å². The zero-order valence-electron chi connectivity index (χ0n) is 15.3. The first kappa shape index (κ1) is 20.2. The van der Waals surface area contributed by atoms with Gasteiger partial charge in [-0.05, 0) is 29.7 Å². The van der Waals surface area contributed by atoms with Crippen LogP contribution in [0.2, 0.25) is 0 Å². The molecule has 0 heterocycles. The molecule has 0 aliphatic rings. The van der Waals surface area contributed by atoms with Crippen LogP contribution < -0.4 is 9.47 Å². The lowest BCUT2D eigenvalue weighted by Crippen LogP contribution is -2.33. The number of benzene rings is 2. The molecule has 0 radical (unpaired) electrons. The Morgan fingerprint density at radius 2 is 1.69 bits per heavy atom. The molecule has 1 N–H and O–H groups in total. The number of aliphatic hydroxyl groups excluding tert-OH is 1. The maximum Gasteiger partial charge on any atom is 0.214 e. The van der Waals surface area contributed by atoms with E-state index in [1.165, 1.54) is 25.6 Å². The summed E-state index contributed by atoms with van der Waals surface area (Å²) in [4.78, 5) is 0. The Balaban J connectivity index is 2.02. The van der Waals surface area contributed by atoms with E-state index in [1.54, 1.807) is 18.2 Å². The van der Waals surface area contributed by atoms with E-state index in [4.69, 9.17) is 9.47 Å². The Bertz CT molecular complexity index is 808. The van der Waals surface area contributed by atoms with Crippen LogP contribution in [0, 0.1) is 0 Å². The molecule has 142 valence electrons. The van der Waals surface area contributed by atoms with Crippen molar-refractivity contribution in [1.82, 2.24) is 4.31 Å².